The molecule has 6 fully saturated rings. The van der Waals surface area contributed by atoms with Crippen LogP contribution in [0.25, 0.3) is 0 Å². The van der Waals surface area contributed by atoms with Gasteiger partial charge in [0.25, 0.3) is 0 Å². The first kappa shape index (κ1) is 72.4. The number of ether oxygens (including phenoxy) is 4. The highest BCUT2D eigenvalue weighted by Crippen LogP contribution is 2.42. The monoisotopic (exact) mass is 1290 g/mol. The van der Waals surface area contributed by atoms with E-state index in [0.29, 0.717) is 78.9 Å². The van der Waals surface area contributed by atoms with Crippen LogP contribution < -0.4 is 26.6 Å². The second-order valence-electron chi connectivity index (χ2n) is 25.8. The van der Waals surface area contributed by atoms with E-state index >= 15 is 0 Å². The number of hydrogen-bond acceptors (Lipinski definition) is 19. The van der Waals surface area contributed by atoms with Crippen molar-refractivity contribution in [3.05, 3.63) is 73.5 Å². The maximum absolute atomic E-state index is 11.6. The summed E-state index contributed by atoms with van der Waals surface area (Å²) in [5.41, 5.74) is 0.924. The highest BCUT2D eigenvalue weighted by atomic mass is 32.1. The molecule has 85 heavy (non-hydrogen) atoms. The first-order valence-corrected chi connectivity index (χ1v) is 41.0. The van der Waals surface area contributed by atoms with E-state index in [9.17, 15) is 55.2 Å². The van der Waals surface area contributed by atoms with E-state index in [1.165, 1.54) is 6.20 Å². The molecule has 8 rings (SSSR count). The molecule has 0 bridgehead atoms. The predicted molar refractivity (Wildman–Crippen MR) is 351 cm³/mol. The van der Waals surface area contributed by atoms with E-state index in [0.717, 1.165) is 24.6 Å². The van der Waals surface area contributed by atoms with Crippen LogP contribution in [-0.2, 0) is 28.5 Å². The lowest BCUT2D eigenvalue weighted by molar-refractivity contribution is -0.133. The molecule has 23 nitrogen and oxygen atoms in total. The van der Waals surface area contributed by atoms with Gasteiger partial charge in [0.05, 0.1) is 30.3 Å². The molecule has 1 unspecified atom stereocenters. The maximum Gasteiger partial charge on any atom is 0.323 e. The minimum absolute atomic E-state index is 0.0885. The second-order valence-corrected chi connectivity index (χ2v) is 43.5. The average molecular weight is 1290 g/mol. The molecule has 0 aliphatic carbocycles. The number of nitrogens with zero attached hydrogens (tertiary/aromatic N) is 3. The number of aliphatic hydroxyl groups is 8. The smallest absolute Gasteiger partial charge is 0.323 e. The van der Waals surface area contributed by atoms with E-state index in [2.05, 4.69) is 131 Å². The lowest BCUT2D eigenvalue weighted by Crippen LogP contribution is -2.54. The summed E-state index contributed by atoms with van der Waals surface area (Å²) in [7, 11) is 0. The molecule has 4 amide bonds. The van der Waals surface area contributed by atoms with Crippen molar-refractivity contribution < 1.29 is 74.2 Å². The summed E-state index contributed by atoms with van der Waals surface area (Å²) in [4.78, 5) is 39.8. The Bertz CT molecular complexity index is 2750. The highest BCUT2D eigenvalue weighted by Gasteiger charge is 2.50. The van der Waals surface area contributed by atoms with Crippen molar-refractivity contribution >= 4 is 87.8 Å². The molecule has 8 aliphatic heterocycles. The SMILES string of the molecule is C=C1NC(=O)C(C)CN1[C@@H]1O[C@H](CCP(=C)(C)C)[C@@H](O)[C@H]1O.C=C1NC(=O)CCN1[C@@H]1O[C@H](CCP(=C)(C)C)[C@@H](O)[C@H]1O.C=C1NC(=O)NC=C1[C@@H]1O[C@H](CCP(=C)(C)C)[C@@H](O)[C@H]1O.C=C1NC(=S)C=CN1[C@@H]1O[C@H](CCP(=C)(C)C)[C@@H](O)[C@H]1O. The van der Waals surface area contributed by atoms with Crippen LogP contribution in [0.2, 0.25) is 0 Å². The van der Waals surface area contributed by atoms with Gasteiger partial charge in [-0.25, -0.2) is 4.79 Å². The summed E-state index contributed by atoms with van der Waals surface area (Å²) in [5, 5.41) is 94.9. The van der Waals surface area contributed by atoms with E-state index in [1.807, 2.05) is 0 Å². The fourth-order valence-corrected chi connectivity index (χ4v) is 14.3. The van der Waals surface area contributed by atoms with E-state index in [4.69, 9.17) is 31.2 Å². The van der Waals surface area contributed by atoms with Gasteiger partial charge in [-0.1, -0.05) is 45.5 Å². The fraction of sp³-hybridized carbons (Fsp3) is 0.649. The Morgan fingerprint density at radius 2 is 0.965 bits per heavy atom. The normalized spacial score (nSPS) is 34.4. The van der Waals surface area contributed by atoms with Gasteiger partial charge in [0.15, 0.2) is 18.7 Å². The Balaban J connectivity index is 0.000000207. The van der Waals surface area contributed by atoms with Gasteiger partial charge in [0.2, 0.25) is 11.8 Å². The first-order chi connectivity index (χ1) is 39.2. The fourth-order valence-electron chi connectivity index (χ4n) is 10.3. The van der Waals surface area contributed by atoms with E-state index < -0.39 is 119 Å². The number of hydrogen-bond donors (Lipinski definition) is 13. The minimum atomic E-state index is -1.21. The Morgan fingerprint density at radius 3 is 1.40 bits per heavy atom. The molecule has 0 saturated carbocycles. The average Bonchev–Trinajstić information content (AvgIpc) is 2.31. The van der Waals surface area contributed by atoms with Crippen molar-refractivity contribution in [3.63, 3.8) is 0 Å². The number of amides is 4. The van der Waals surface area contributed by atoms with Crippen molar-refractivity contribution in [1.29, 1.82) is 0 Å². The van der Waals surface area contributed by atoms with Crippen molar-refractivity contribution in [2.24, 2.45) is 5.92 Å². The van der Waals surface area contributed by atoms with E-state index in [1.54, 1.807) is 33.9 Å². The van der Waals surface area contributed by atoms with Gasteiger partial charge in [0.1, 0.15) is 77.4 Å². The summed E-state index contributed by atoms with van der Waals surface area (Å²) in [5.74, 6) is 0.948. The first-order valence-electron chi connectivity index (χ1n) is 28.4. The minimum Gasteiger partial charge on any atom is -0.388 e. The molecule has 8 aliphatic rings. The highest BCUT2D eigenvalue weighted by molar-refractivity contribution is 7.80. The molecule has 13 N–H and O–H groups in total. The van der Waals surface area contributed by atoms with Crippen LogP contribution in [0.3, 0.4) is 0 Å². The number of thiocarbonyl (C=S) groups is 1. The van der Waals surface area contributed by atoms with Crippen molar-refractivity contribution in [2.75, 3.05) is 91.1 Å². The molecule has 0 aromatic heterocycles. The summed E-state index contributed by atoms with van der Waals surface area (Å²) >= 11 is 5.03. The van der Waals surface area contributed by atoms with Gasteiger partial charge >= 0.3 is 6.03 Å². The van der Waals surface area contributed by atoms with Crippen molar-refractivity contribution in [2.45, 2.75) is 137 Å². The van der Waals surface area contributed by atoms with Gasteiger partial charge in [-0.15, -0.1) is 52.7 Å². The lowest BCUT2D eigenvalue weighted by Gasteiger charge is -2.39. The maximum atomic E-state index is 11.6. The Hall–Kier alpha value is -3.34. The number of carbonyl (C=O) groups is 3. The van der Waals surface area contributed by atoms with E-state index in [-0.39, 0.29) is 29.9 Å². The zero-order valence-electron chi connectivity index (χ0n) is 51.0. The number of carbonyl (C=O) groups excluding carboxylic acids is 3. The summed E-state index contributed by atoms with van der Waals surface area (Å²) in [6.07, 6.45) is 15.9. The van der Waals surface area contributed by atoms with Gasteiger partial charge in [0, 0.05) is 43.2 Å². The zero-order valence-corrected chi connectivity index (χ0v) is 55.4. The molecule has 28 heteroatoms. The van der Waals surface area contributed by atoms with Crippen LogP contribution in [-0.4, -0.2) is 293 Å². The molecule has 0 aromatic rings. The molecule has 0 radical (unpaired) electrons. The molecule has 6 saturated heterocycles. The number of aliphatic hydroxyl groups excluding tert-OH is 8. The number of urea groups is 1. The number of rotatable bonds is 16. The quantitative estimate of drug-likeness (QED) is 0.0755. The standard InChI is InChI=1S/C15H27N2O4P.C14H25N2O4P.C14H23N2O4P.C14H23N2O3PS/c1-9-8-17(10(2)16-14(9)20)15-13(19)12(18)11(21-15)6-7-22(3,4)5;1-9-15-11(17)5-7-16(9)14-13(19)12(18)10(20-14)6-8-21(2,3)4;1-8-9(7-15-14(19)16-8)13-12(18)11(17)10(20-13)5-6-21(2,3)4;1-9-15-11(21)5-7-16(9)14-13(18)12(17)10(19-14)6-8-20(2,3)4/h9,11-13,15,18-19H,2-3,6-8H2,1,4-5H3,(H,16,20);10,12-14,18-19H,1-2,5-8H2,3-4H3,(H,15,17);7,10-13,17-18H,1-2,5-6H2,3-4H3,(H2,15,16,19);5,7,10,12-14,17-18H,1-2,6,8H2,3-4H3,(H,15,21)/t9?,11-,12-,13-,15-;10-,12-,13-,14-;10-,11-,12-,13+;10-,12-,13-,14-/m1111/s1. The molecule has 0 aromatic carbocycles. The Morgan fingerprint density at radius 1 is 0.553 bits per heavy atom. The lowest BCUT2D eigenvalue weighted by atomic mass is 9.99. The summed E-state index contributed by atoms with van der Waals surface area (Å²) in [6.45, 7) is 30.1. The third-order valence-corrected chi connectivity index (χ3v) is 21.4. The van der Waals surface area contributed by atoms with Crippen LogP contribution in [0.4, 0.5) is 4.79 Å². The molecule has 482 valence electrons. The van der Waals surface area contributed by atoms with Crippen LogP contribution in [0.15, 0.2) is 73.5 Å². The van der Waals surface area contributed by atoms with Crippen LogP contribution in [0.1, 0.15) is 39.0 Å². The molecule has 17 atom stereocenters. The zero-order chi connectivity index (χ0) is 64.0. The summed E-state index contributed by atoms with van der Waals surface area (Å²) < 4.78 is 23.4. The summed E-state index contributed by atoms with van der Waals surface area (Å²) in [6, 6.07) is -0.378. The van der Waals surface area contributed by atoms with Crippen LogP contribution in [0.5, 0.6) is 0 Å². The second kappa shape index (κ2) is 30.0. The largest absolute Gasteiger partial charge is 0.388 e. The van der Waals surface area contributed by atoms with Gasteiger partial charge < -0.3 is 101 Å². The molecule has 0 spiro atoms. The molecular formula is C57H98N8O15P4S. The topological polar surface area (TPSA) is 320 Å². The van der Waals surface area contributed by atoms with Gasteiger partial charge in [-0.05, 0) is 110 Å². The van der Waals surface area contributed by atoms with Crippen molar-refractivity contribution in [3.8, 4) is 0 Å². The molecular weight excluding hydrogens is 1190 g/mol. The third-order valence-electron chi connectivity index (χ3n) is 15.3. The number of nitrogens with one attached hydrogen (secondary N) is 5. The molecule has 8 heterocycles. The van der Waals surface area contributed by atoms with Gasteiger partial charge in [-0.3, -0.25) is 9.59 Å². The van der Waals surface area contributed by atoms with Crippen molar-refractivity contribution in [1.82, 2.24) is 41.3 Å². The Labute approximate surface area is 508 Å². The van der Waals surface area contributed by atoms with Crippen LogP contribution >= 0.6 is 39.8 Å². The third kappa shape index (κ3) is 20.6. The Kier molecular flexibility index (Phi) is 25.5. The predicted octanol–water partition coefficient (Wildman–Crippen LogP) is 0.932. The van der Waals surface area contributed by atoms with Crippen LogP contribution in [0, 0.1) is 5.92 Å². The van der Waals surface area contributed by atoms with Gasteiger partial charge in [-0.2, -0.15) is 0 Å².